The smallest absolute Gasteiger partial charge is 0.306 e. The molecule has 0 aromatic carbocycles. The fourth-order valence-electron chi connectivity index (χ4n) is 1.22. The van der Waals surface area contributed by atoms with Gasteiger partial charge in [-0.1, -0.05) is 0 Å². The van der Waals surface area contributed by atoms with Gasteiger partial charge in [0.2, 0.25) is 0 Å². The van der Waals surface area contributed by atoms with Crippen LogP contribution in [0.25, 0.3) is 0 Å². The molecule has 0 aliphatic heterocycles. The van der Waals surface area contributed by atoms with Crippen LogP contribution in [-0.2, 0) is 25.1 Å². The van der Waals surface area contributed by atoms with Crippen LogP contribution in [0.4, 0.5) is 0 Å². The van der Waals surface area contributed by atoms with Gasteiger partial charge in [-0.25, -0.2) is 8.42 Å². The lowest BCUT2D eigenvalue weighted by Crippen LogP contribution is -2.23. The number of thiophene rings is 1. The number of carbonyl (C=O) groups excluding carboxylic acids is 1. The minimum absolute atomic E-state index is 0.0403. The van der Waals surface area contributed by atoms with E-state index in [4.69, 9.17) is 0 Å². The summed E-state index contributed by atoms with van der Waals surface area (Å²) in [6, 6.07) is 1.77. The van der Waals surface area contributed by atoms with Gasteiger partial charge in [0.15, 0.2) is 9.84 Å². The topological polar surface area (TPSA) is 60.4 Å². The summed E-state index contributed by atoms with van der Waals surface area (Å²) in [6.07, 6.45) is -0.106. The SMILES string of the molecule is COC(=O)CC(C)S(=O)(=O)Cc1cc(Br)cs1. The Morgan fingerprint density at radius 3 is 2.71 bits per heavy atom. The zero-order valence-corrected chi connectivity index (χ0v) is 12.7. The summed E-state index contributed by atoms with van der Waals surface area (Å²) in [6.45, 7) is 1.52. The molecule has 1 unspecified atom stereocenters. The zero-order chi connectivity index (χ0) is 13.1. The minimum Gasteiger partial charge on any atom is -0.469 e. The zero-order valence-electron chi connectivity index (χ0n) is 9.47. The van der Waals surface area contributed by atoms with Crippen LogP contribution in [0.15, 0.2) is 15.9 Å². The highest BCUT2D eigenvalue weighted by Crippen LogP contribution is 2.23. The third-order valence-corrected chi connectivity index (χ3v) is 6.25. The van der Waals surface area contributed by atoms with Crippen molar-refractivity contribution in [1.29, 1.82) is 0 Å². The molecule has 96 valence electrons. The first-order chi connectivity index (χ1) is 7.85. The molecule has 0 spiro atoms. The van der Waals surface area contributed by atoms with E-state index in [-0.39, 0.29) is 12.2 Å². The number of esters is 1. The maximum Gasteiger partial charge on any atom is 0.306 e. The lowest BCUT2D eigenvalue weighted by atomic mass is 10.3. The lowest BCUT2D eigenvalue weighted by Gasteiger charge is -2.10. The molecule has 0 radical (unpaired) electrons. The van der Waals surface area contributed by atoms with Crippen LogP contribution in [0, 0.1) is 0 Å². The molecule has 17 heavy (non-hydrogen) atoms. The standard InChI is InChI=1S/C10H13BrO4S2/c1-7(3-10(12)15-2)17(13,14)6-9-4-8(11)5-16-9/h4-5,7H,3,6H2,1-2H3. The van der Waals surface area contributed by atoms with Crippen molar-refractivity contribution in [2.24, 2.45) is 0 Å². The lowest BCUT2D eigenvalue weighted by molar-refractivity contribution is -0.140. The first-order valence-corrected chi connectivity index (χ1v) is 8.25. The summed E-state index contributed by atoms with van der Waals surface area (Å²) in [5, 5.41) is 1.10. The average molecular weight is 341 g/mol. The van der Waals surface area contributed by atoms with Gasteiger partial charge >= 0.3 is 5.97 Å². The maximum absolute atomic E-state index is 11.9. The second-order valence-corrected chi connectivity index (χ2v) is 7.96. The van der Waals surface area contributed by atoms with Crippen LogP contribution < -0.4 is 0 Å². The molecule has 0 saturated heterocycles. The van der Waals surface area contributed by atoms with E-state index in [0.717, 1.165) is 9.35 Å². The van der Waals surface area contributed by atoms with E-state index in [9.17, 15) is 13.2 Å². The summed E-state index contributed by atoms with van der Waals surface area (Å²) in [5.74, 6) is -0.546. The molecule has 1 rings (SSSR count). The number of halogens is 1. The Labute approximate surface area is 113 Å². The predicted octanol–water partition coefficient (Wildman–Crippen LogP) is 2.38. The molecule has 0 N–H and O–H groups in total. The molecule has 1 heterocycles. The van der Waals surface area contributed by atoms with E-state index in [1.54, 1.807) is 6.07 Å². The van der Waals surface area contributed by atoms with Crippen molar-refractivity contribution in [3.8, 4) is 0 Å². The summed E-state index contributed by atoms with van der Waals surface area (Å²) in [5.41, 5.74) is 0. The van der Waals surface area contributed by atoms with Crippen LogP contribution in [0.5, 0.6) is 0 Å². The van der Waals surface area contributed by atoms with Crippen molar-refractivity contribution in [2.45, 2.75) is 24.3 Å². The number of ether oxygens (including phenoxy) is 1. The highest BCUT2D eigenvalue weighted by molar-refractivity contribution is 9.10. The number of sulfone groups is 1. The number of carbonyl (C=O) groups is 1. The fourth-order valence-corrected chi connectivity index (χ4v) is 4.37. The second-order valence-electron chi connectivity index (χ2n) is 3.63. The van der Waals surface area contributed by atoms with E-state index < -0.39 is 21.1 Å². The van der Waals surface area contributed by atoms with Gasteiger partial charge in [0, 0.05) is 14.7 Å². The largest absolute Gasteiger partial charge is 0.469 e. The average Bonchev–Trinajstić information content (AvgIpc) is 2.62. The molecular weight excluding hydrogens is 328 g/mol. The molecular formula is C10H13BrO4S2. The third-order valence-electron chi connectivity index (χ3n) is 2.26. The first-order valence-electron chi connectivity index (χ1n) is 4.86. The van der Waals surface area contributed by atoms with Crippen molar-refractivity contribution >= 4 is 43.1 Å². The fraction of sp³-hybridized carbons (Fsp3) is 0.500. The molecule has 0 amide bonds. The Balaban J connectivity index is 2.71. The number of methoxy groups -OCH3 is 1. The molecule has 7 heteroatoms. The number of hydrogen-bond acceptors (Lipinski definition) is 5. The monoisotopic (exact) mass is 340 g/mol. The van der Waals surface area contributed by atoms with Gasteiger partial charge in [-0.05, 0) is 28.9 Å². The van der Waals surface area contributed by atoms with Gasteiger partial charge in [-0.2, -0.15) is 0 Å². The Hall–Kier alpha value is -0.400. The molecule has 0 bridgehead atoms. The molecule has 0 fully saturated rings. The van der Waals surface area contributed by atoms with Crippen molar-refractivity contribution < 1.29 is 17.9 Å². The van der Waals surface area contributed by atoms with Gasteiger partial charge in [0.05, 0.1) is 24.5 Å². The Morgan fingerprint density at radius 1 is 1.59 bits per heavy atom. The highest BCUT2D eigenvalue weighted by Gasteiger charge is 2.24. The molecule has 0 saturated carbocycles. The van der Waals surface area contributed by atoms with E-state index in [1.165, 1.54) is 25.4 Å². The van der Waals surface area contributed by atoms with Gasteiger partial charge in [0.25, 0.3) is 0 Å². The van der Waals surface area contributed by atoms with E-state index >= 15 is 0 Å². The highest BCUT2D eigenvalue weighted by atomic mass is 79.9. The van der Waals surface area contributed by atoms with Crippen LogP contribution in [0.3, 0.4) is 0 Å². The Morgan fingerprint density at radius 2 is 2.24 bits per heavy atom. The van der Waals surface area contributed by atoms with Gasteiger partial charge in [-0.15, -0.1) is 11.3 Å². The third kappa shape index (κ3) is 4.40. The Bertz CT molecular complexity index is 492. The van der Waals surface area contributed by atoms with Gasteiger partial charge < -0.3 is 4.74 Å². The molecule has 1 aromatic rings. The van der Waals surface area contributed by atoms with Crippen LogP contribution >= 0.6 is 27.3 Å². The number of hydrogen-bond donors (Lipinski definition) is 0. The summed E-state index contributed by atoms with van der Waals surface area (Å²) in [4.78, 5) is 11.8. The van der Waals surface area contributed by atoms with Crippen molar-refractivity contribution in [3.63, 3.8) is 0 Å². The predicted molar refractivity (Wildman–Crippen MR) is 70.7 cm³/mol. The van der Waals surface area contributed by atoms with E-state index in [1.807, 2.05) is 5.38 Å². The minimum atomic E-state index is -3.32. The van der Waals surface area contributed by atoms with Gasteiger partial charge in [-0.3, -0.25) is 4.79 Å². The number of rotatable bonds is 5. The van der Waals surface area contributed by atoms with E-state index in [2.05, 4.69) is 20.7 Å². The maximum atomic E-state index is 11.9. The van der Waals surface area contributed by atoms with Crippen molar-refractivity contribution in [3.05, 3.63) is 20.8 Å². The summed E-state index contributed by atoms with van der Waals surface area (Å²) >= 11 is 4.65. The second kappa shape index (κ2) is 5.97. The van der Waals surface area contributed by atoms with Gasteiger partial charge in [0.1, 0.15) is 0 Å². The molecule has 1 atom stereocenters. The Kier molecular flexibility index (Phi) is 5.15. The molecule has 0 aliphatic carbocycles. The van der Waals surface area contributed by atoms with Crippen LogP contribution in [-0.4, -0.2) is 26.7 Å². The normalized spacial score (nSPS) is 13.4. The van der Waals surface area contributed by atoms with Crippen LogP contribution in [0.2, 0.25) is 0 Å². The molecule has 4 nitrogen and oxygen atoms in total. The van der Waals surface area contributed by atoms with Crippen molar-refractivity contribution in [1.82, 2.24) is 0 Å². The molecule has 0 aliphatic rings. The first kappa shape index (κ1) is 14.7. The van der Waals surface area contributed by atoms with E-state index in [0.29, 0.717) is 0 Å². The molecule has 1 aromatic heterocycles. The quantitative estimate of drug-likeness (QED) is 0.772. The van der Waals surface area contributed by atoms with Crippen molar-refractivity contribution in [2.75, 3.05) is 7.11 Å². The summed E-state index contributed by atoms with van der Waals surface area (Å²) < 4.78 is 29.2. The summed E-state index contributed by atoms with van der Waals surface area (Å²) in [7, 11) is -2.07. The van der Waals surface area contributed by atoms with Crippen LogP contribution in [0.1, 0.15) is 18.2 Å².